The van der Waals surface area contributed by atoms with E-state index < -0.39 is 6.09 Å². The second-order valence-electron chi connectivity index (χ2n) is 3.22. The lowest BCUT2D eigenvalue weighted by molar-refractivity contribution is -0.116. The summed E-state index contributed by atoms with van der Waals surface area (Å²) < 4.78 is 0. The standard InChI is InChI=1S/C8H10N2O3/c11-7-6-1-2-10(8(12)13)4-5(6)3-9-7/h1-4H2,(H,9,11)(H,12,13). The van der Waals surface area contributed by atoms with Crippen LogP contribution in [0.1, 0.15) is 6.42 Å². The van der Waals surface area contributed by atoms with E-state index in [9.17, 15) is 9.59 Å². The molecule has 0 saturated heterocycles. The molecule has 5 heteroatoms. The maximum absolute atomic E-state index is 11.2. The first-order chi connectivity index (χ1) is 6.18. The first-order valence-corrected chi connectivity index (χ1v) is 4.15. The van der Waals surface area contributed by atoms with Crippen LogP contribution in [0, 0.1) is 0 Å². The summed E-state index contributed by atoms with van der Waals surface area (Å²) in [6, 6.07) is 0. The molecule has 70 valence electrons. The largest absolute Gasteiger partial charge is 0.465 e. The molecule has 0 fully saturated rings. The van der Waals surface area contributed by atoms with E-state index in [0.717, 1.165) is 11.1 Å². The highest BCUT2D eigenvalue weighted by Crippen LogP contribution is 2.21. The zero-order chi connectivity index (χ0) is 9.42. The number of hydrogen-bond donors (Lipinski definition) is 2. The Bertz CT molecular complexity index is 309. The Morgan fingerprint density at radius 1 is 1.54 bits per heavy atom. The highest BCUT2D eigenvalue weighted by atomic mass is 16.4. The van der Waals surface area contributed by atoms with Crippen molar-refractivity contribution in [3.05, 3.63) is 11.1 Å². The van der Waals surface area contributed by atoms with Crippen molar-refractivity contribution in [1.82, 2.24) is 10.2 Å². The zero-order valence-corrected chi connectivity index (χ0v) is 7.04. The summed E-state index contributed by atoms with van der Waals surface area (Å²) in [7, 11) is 0. The van der Waals surface area contributed by atoms with Gasteiger partial charge >= 0.3 is 6.09 Å². The average molecular weight is 182 g/mol. The third-order valence-electron chi connectivity index (χ3n) is 2.45. The van der Waals surface area contributed by atoms with Gasteiger partial charge in [0.1, 0.15) is 0 Å². The molecule has 0 radical (unpaired) electrons. The van der Waals surface area contributed by atoms with Gasteiger partial charge in [-0.15, -0.1) is 0 Å². The highest BCUT2D eigenvalue weighted by molar-refractivity contribution is 5.97. The zero-order valence-electron chi connectivity index (χ0n) is 7.04. The van der Waals surface area contributed by atoms with Crippen LogP contribution in [0.5, 0.6) is 0 Å². The van der Waals surface area contributed by atoms with Gasteiger partial charge in [-0.3, -0.25) is 4.79 Å². The Morgan fingerprint density at radius 2 is 2.31 bits per heavy atom. The molecule has 0 unspecified atom stereocenters. The molecule has 2 N–H and O–H groups in total. The van der Waals surface area contributed by atoms with E-state index in [1.54, 1.807) is 0 Å². The molecule has 2 amide bonds. The van der Waals surface area contributed by atoms with E-state index in [1.807, 2.05) is 0 Å². The smallest absolute Gasteiger partial charge is 0.407 e. The van der Waals surface area contributed by atoms with Crippen LogP contribution in [0.2, 0.25) is 0 Å². The van der Waals surface area contributed by atoms with Gasteiger partial charge in [-0.2, -0.15) is 0 Å². The SMILES string of the molecule is O=C1NCC2=C1CCN(C(=O)O)C2. The lowest BCUT2D eigenvalue weighted by Crippen LogP contribution is -2.36. The van der Waals surface area contributed by atoms with Gasteiger partial charge in [-0.05, 0) is 12.0 Å². The van der Waals surface area contributed by atoms with Crippen molar-refractivity contribution in [2.45, 2.75) is 6.42 Å². The summed E-state index contributed by atoms with van der Waals surface area (Å²) in [5, 5.41) is 11.4. The molecule has 0 spiro atoms. The Hall–Kier alpha value is -1.52. The van der Waals surface area contributed by atoms with Crippen molar-refractivity contribution in [1.29, 1.82) is 0 Å². The van der Waals surface area contributed by atoms with Gasteiger partial charge in [0, 0.05) is 25.2 Å². The number of nitrogens with zero attached hydrogens (tertiary/aromatic N) is 1. The molecule has 13 heavy (non-hydrogen) atoms. The molecule has 5 nitrogen and oxygen atoms in total. The van der Waals surface area contributed by atoms with E-state index >= 15 is 0 Å². The van der Waals surface area contributed by atoms with E-state index in [0.29, 0.717) is 26.1 Å². The number of carbonyl (C=O) groups excluding carboxylic acids is 1. The van der Waals surface area contributed by atoms with Crippen LogP contribution in [0.3, 0.4) is 0 Å². The normalized spacial score (nSPS) is 21.5. The Kier molecular flexibility index (Phi) is 1.72. The van der Waals surface area contributed by atoms with E-state index in [-0.39, 0.29) is 5.91 Å². The van der Waals surface area contributed by atoms with Crippen LogP contribution in [-0.4, -0.2) is 41.6 Å². The minimum absolute atomic E-state index is 0.0277. The fraction of sp³-hybridized carbons (Fsp3) is 0.500. The van der Waals surface area contributed by atoms with Gasteiger partial charge in [-0.25, -0.2) is 4.79 Å². The topological polar surface area (TPSA) is 69.6 Å². The number of carboxylic acid groups (broad SMARTS) is 1. The van der Waals surface area contributed by atoms with E-state index in [2.05, 4.69) is 5.32 Å². The molecule has 0 bridgehead atoms. The molecule has 0 aromatic carbocycles. The van der Waals surface area contributed by atoms with Crippen molar-refractivity contribution >= 4 is 12.0 Å². The summed E-state index contributed by atoms with van der Waals surface area (Å²) in [6.07, 6.45) is -0.362. The molecule has 2 aliphatic heterocycles. The fourth-order valence-corrected chi connectivity index (χ4v) is 1.72. The highest BCUT2D eigenvalue weighted by Gasteiger charge is 2.29. The van der Waals surface area contributed by atoms with Crippen LogP contribution in [0.25, 0.3) is 0 Å². The number of nitrogens with one attached hydrogen (secondary N) is 1. The third-order valence-corrected chi connectivity index (χ3v) is 2.45. The Morgan fingerprint density at radius 3 is 3.00 bits per heavy atom. The maximum Gasteiger partial charge on any atom is 0.407 e. The second kappa shape index (κ2) is 2.76. The minimum Gasteiger partial charge on any atom is -0.465 e. The quantitative estimate of drug-likeness (QED) is 0.545. The first kappa shape index (κ1) is 8.10. The molecular weight excluding hydrogens is 172 g/mol. The third kappa shape index (κ3) is 1.26. The molecule has 0 saturated carbocycles. The fourth-order valence-electron chi connectivity index (χ4n) is 1.72. The number of carbonyl (C=O) groups is 2. The van der Waals surface area contributed by atoms with Crippen LogP contribution in [0.15, 0.2) is 11.1 Å². The van der Waals surface area contributed by atoms with Gasteiger partial charge in [-0.1, -0.05) is 0 Å². The van der Waals surface area contributed by atoms with Crippen LogP contribution >= 0.6 is 0 Å². The molecule has 2 heterocycles. The second-order valence-corrected chi connectivity index (χ2v) is 3.22. The maximum atomic E-state index is 11.2. The van der Waals surface area contributed by atoms with E-state index in [4.69, 9.17) is 5.11 Å². The number of hydrogen-bond acceptors (Lipinski definition) is 2. The predicted molar refractivity (Wildman–Crippen MR) is 44.3 cm³/mol. The van der Waals surface area contributed by atoms with Crippen LogP contribution < -0.4 is 5.32 Å². The molecule has 0 aliphatic carbocycles. The number of rotatable bonds is 0. The summed E-state index contributed by atoms with van der Waals surface area (Å²) in [6.45, 7) is 1.32. The van der Waals surface area contributed by atoms with Gasteiger partial charge in [0.25, 0.3) is 0 Å². The van der Waals surface area contributed by atoms with Crippen molar-refractivity contribution in [2.24, 2.45) is 0 Å². The lowest BCUT2D eigenvalue weighted by atomic mass is 10.0. The first-order valence-electron chi connectivity index (χ1n) is 4.15. The summed E-state index contributed by atoms with van der Waals surface area (Å²) in [5.74, 6) is -0.0277. The summed E-state index contributed by atoms with van der Waals surface area (Å²) in [4.78, 5) is 23.1. The van der Waals surface area contributed by atoms with Gasteiger partial charge in [0.2, 0.25) is 5.91 Å². The summed E-state index contributed by atoms with van der Waals surface area (Å²) in [5.41, 5.74) is 1.72. The van der Waals surface area contributed by atoms with Crippen LogP contribution in [0.4, 0.5) is 4.79 Å². The average Bonchev–Trinajstić information content (AvgIpc) is 2.47. The molecule has 0 aromatic heterocycles. The molecule has 2 aliphatic rings. The Balaban J connectivity index is 2.17. The van der Waals surface area contributed by atoms with Crippen molar-refractivity contribution in [3.63, 3.8) is 0 Å². The summed E-state index contributed by atoms with van der Waals surface area (Å²) >= 11 is 0. The monoisotopic (exact) mass is 182 g/mol. The van der Waals surface area contributed by atoms with Gasteiger partial charge < -0.3 is 15.3 Å². The molecule has 2 rings (SSSR count). The molecule has 0 aromatic rings. The van der Waals surface area contributed by atoms with Crippen LogP contribution in [-0.2, 0) is 4.79 Å². The van der Waals surface area contributed by atoms with Gasteiger partial charge in [0.05, 0.1) is 0 Å². The van der Waals surface area contributed by atoms with Crippen molar-refractivity contribution < 1.29 is 14.7 Å². The Labute approximate surface area is 75.0 Å². The van der Waals surface area contributed by atoms with E-state index in [1.165, 1.54) is 4.90 Å². The minimum atomic E-state index is -0.911. The number of amides is 2. The molecular formula is C8H10N2O3. The lowest BCUT2D eigenvalue weighted by Gasteiger charge is -2.24. The molecule has 0 atom stereocenters. The predicted octanol–water partition coefficient (Wildman–Crippen LogP) is -0.204. The van der Waals surface area contributed by atoms with Crippen molar-refractivity contribution in [2.75, 3.05) is 19.6 Å². The van der Waals surface area contributed by atoms with Crippen molar-refractivity contribution in [3.8, 4) is 0 Å². The van der Waals surface area contributed by atoms with Gasteiger partial charge in [0.15, 0.2) is 0 Å².